The Hall–Kier alpha value is -1.68. The molecule has 1 unspecified atom stereocenters. The van der Waals surface area contributed by atoms with Gasteiger partial charge in [0.1, 0.15) is 0 Å². The third-order valence-corrected chi connectivity index (χ3v) is 13.3. The molecule has 130 valence electrons. The average molecular weight is 391 g/mol. The minimum absolute atomic E-state index is 0.482. The van der Waals surface area contributed by atoms with E-state index in [0.29, 0.717) is 4.58 Å². The molecule has 0 N–H and O–H groups in total. The fourth-order valence-electron chi connectivity index (χ4n) is 3.50. The molecule has 0 aromatic heterocycles. The van der Waals surface area contributed by atoms with Gasteiger partial charge >= 0.3 is 0 Å². The summed E-state index contributed by atoms with van der Waals surface area (Å²) in [4.78, 5) is 0. The van der Waals surface area contributed by atoms with Gasteiger partial charge in [-0.15, -0.1) is 23.5 Å². The van der Waals surface area contributed by atoms with Crippen molar-refractivity contribution in [2.75, 3.05) is 5.75 Å². The van der Waals surface area contributed by atoms with Crippen molar-refractivity contribution in [1.82, 2.24) is 0 Å². The number of hydrogen-bond donors (Lipinski definition) is 0. The molecule has 0 amide bonds. The number of hydrogen-bond acceptors (Lipinski definition) is 2. The van der Waals surface area contributed by atoms with Crippen molar-refractivity contribution in [3.05, 3.63) is 107 Å². The predicted octanol–water partition coefficient (Wildman–Crippen LogP) is 5.48. The molecule has 0 saturated heterocycles. The molecule has 0 aliphatic carbocycles. The van der Waals surface area contributed by atoms with E-state index in [1.807, 2.05) is 11.8 Å². The lowest BCUT2D eigenvalue weighted by Crippen LogP contribution is -2.57. The summed E-state index contributed by atoms with van der Waals surface area (Å²) in [5.74, 6) is 1.09. The Bertz CT molecular complexity index is 836. The molecule has 0 radical (unpaired) electrons. The molecule has 26 heavy (non-hydrogen) atoms. The topological polar surface area (TPSA) is 0 Å². The van der Waals surface area contributed by atoms with Crippen LogP contribution in [0.2, 0.25) is 6.55 Å². The van der Waals surface area contributed by atoms with E-state index in [1.54, 1.807) is 4.53 Å². The first-order chi connectivity index (χ1) is 12.8. The zero-order chi connectivity index (χ0) is 17.8. The maximum absolute atomic E-state index is 2.51. The second-order valence-electron chi connectivity index (χ2n) is 6.62. The van der Waals surface area contributed by atoms with Gasteiger partial charge in [0.25, 0.3) is 0 Å². The van der Waals surface area contributed by atoms with Crippen LogP contribution in [0.15, 0.2) is 102 Å². The Morgan fingerprint density at radius 1 is 0.731 bits per heavy atom. The van der Waals surface area contributed by atoms with Crippen LogP contribution in [0, 0.1) is 0 Å². The third kappa shape index (κ3) is 3.44. The molecule has 0 nitrogen and oxygen atoms in total. The molecule has 0 spiro atoms. The van der Waals surface area contributed by atoms with Crippen molar-refractivity contribution in [2.45, 2.75) is 11.1 Å². The molecule has 3 aromatic carbocycles. The van der Waals surface area contributed by atoms with Crippen LogP contribution >= 0.6 is 23.5 Å². The van der Waals surface area contributed by atoms with Gasteiger partial charge in [0.15, 0.2) is 8.07 Å². The lowest BCUT2D eigenvalue weighted by atomic mass is 10.2. The van der Waals surface area contributed by atoms with E-state index in [0.717, 1.165) is 5.75 Å². The van der Waals surface area contributed by atoms with E-state index in [-0.39, 0.29) is 0 Å². The summed E-state index contributed by atoms with van der Waals surface area (Å²) in [6.07, 6.45) is 2.49. The van der Waals surface area contributed by atoms with Gasteiger partial charge in [0, 0.05) is 5.75 Å². The van der Waals surface area contributed by atoms with E-state index < -0.39 is 8.07 Å². The van der Waals surface area contributed by atoms with Gasteiger partial charge in [-0.1, -0.05) is 104 Å². The van der Waals surface area contributed by atoms with E-state index in [1.165, 1.54) is 15.9 Å². The average Bonchev–Trinajstić information content (AvgIpc) is 2.75. The van der Waals surface area contributed by atoms with Gasteiger partial charge < -0.3 is 0 Å². The first-order valence-electron chi connectivity index (χ1n) is 8.93. The first kappa shape index (κ1) is 17.7. The number of benzene rings is 3. The zero-order valence-corrected chi connectivity index (χ0v) is 17.5. The van der Waals surface area contributed by atoms with Crippen LogP contribution in [0.1, 0.15) is 10.1 Å². The lowest BCUT2D eigenvalue weighted by molar-refractivity contribution is 1.37. The molecule has 3 aromatic rings. The second-order valence-corrected chi connectivity index (χ2v) is 13.5. The summed E-state index contributed by atoms with van der Waals surface area (Å²) in [7, 11) is -1.96. The Morgan fingerprint density at radius 2 is 1.23 bits per heavy atom. The normalized spacial score (nSPS) is 17.6. The van der Waals surface area contributed by atoms with Crippen molar-refractivity contribution >= 4 is 42.0 Å². The van der Waals surface area contributed by atoms with Crippen molar-refractivity contribution in [3.63, 3.8) is 0 Å². The molecule has 1 atom stereocenters. The summed E-state index contributed by atoms with van der Waals surface area (Å²) in [6.45, 7) is 2.51. The summed E-state index contributed by atoms with van der Waals surface area (Å²) in [6, 6.07) is 33.2. The van der Waals surface area contributed by atoms with Gasteiger partial charge in [0.05, 0.1) is 4.58 Å². The summed E-state index contributed by atoms with van der Waals surface area (Å²) >= 11 is 4.10. The van der Waals surface area contributed by atoms with Gasteiger partial charge in [-0.2, -0.15) is 0 Å². The summed E-state index contributed by atoms with van der Waals surface area (Å²) in [5, 5.41) is 2.98. The number of rotatable bonds is 4. The Morgan fingerprint density at radius 3 is 1.77 bits per heavy atom. The Labute approximate surface area is 165 Å². The third-order valence-electron chi connectivity index (χ3n) is 5.02. The lowest BCUT2D eigenvalue weighted by Gasteiger charge is -2.35. The Balaban J connectivity index is 1.76. The molecule has 4 rings (SSSR count). The smallest absolute Gasteiger partial charge is 0.138 e. The van der Waals surface area contributed by atoms with Crippen molar-refractivity contribution in [1.29, 1.82) is 0 Å². The highest BCUT2D eigenvalue weighted by atomic mass is 32.2. The molecule has 0 bridgehead atoms. The van der Waals surface area contributed by atoms with Crippen LogP contribution in [-0.4, -0.2) is 13.8 Å². The van der Waals surface area contributed by atoms with E-state index in [2.05, 4.69) is 115 Å². The van der Waals surface area contributed by atoms with Crippen LogP contribution in [0.4, 0.5) is 0 Å². The van der Waals surface area contributed by atoms with Crippen LogP contribution in [0.5, 0.6) is 0 Å². The maximum Gasteiger partial charge on any atom is 0.152 e. The van der Waals surface area contributed by atoms with Crippen LogP contribution < -0.4 is 10.4 Å². The van der Waals surface area contributed by atoms with Gasteiger partial charge in [0.2, 0.25) is 0 Å². The molecule has 0 saturated carbocycles. The Kier molecular flexibility index (Phi) is 5.39. The maximum atomic E-state index is 2.51. The SMILES string of the molecule is C[Si](C1=CCSC(c2ccccc2)S1)(c1ccccc1)c1ccccc1. The highest BCUT2D eigenvalue weighted by molar-refractivity contribution is 8.20. The standard InChI is InChI=1S/C23H22S2Si/c1-26(20-13-7-3-8-14-20,21-15-9-4-10-16-21)22-17-18-24-23(25-22)19-11-5-2-6-12-19/h2-17,23H,18H2,1H3. The van der Waals surface area contributed by atoms with Crippen LogP contribution in [0.25, 0.3) is 0 Å². The fraction of sp³-hybridized carbons (Fsp3) is 0.130. The minimum atomic E-state index is -1.96. The van der Waals surface area contributed by atoms with Crippen molar-refractivity contribution < 1.29 is 0 Å². The van der Waals surface area contributed by atoms with Crippen molar-refractivity contribution in [2.24, 2.45) is 0 Å². The molecule has 1 aliphatic heterocycles. The van der Waals surface area contributed by atoms with E-state index in [4.69, 9.17) is 0 Å². The van der Waals surface area contributed by atoms with Gasteiger partial charge in [-0.25, -0.2) is 0 Å². The monoisotopic (exact) mass is 390 g/mol. The van der Waals surface area contributed by atoms with E-state index in [9.17, 15) is 0 Å². The molecule has 0 fully saturated rings. The van der Waals surface area contributed by atoms with Crippen molar-refractivity contribution in [3.8, 4) is 0 Å². The first-order valence-corrected chi connectivity index (χ1v) is 13.4. The molecule has 1 aliphatic rings. The molecule has 1 heterocycles. The fourth-order valence-corrected chi connectivity index (χ4v) is 11.5. The zero-order valence-electron chi connectivity index (χ0n) is 14.8. The van der Waals surface area contributed by atoms with E-state index >= 15 is 0 Å². The summed E-state index contributed by atoms with van der Waals surface area (Å²) in [5.41, 5.74) is 1.42. The predicted molar refractivity (Wildman–Crippen MR) is 121 cm³/mol. The minimum Gasteiger partial charge on any atom is -0.138 e. The van der Waals surface area contributed by atoms with Crippen LogP contribution in [-0.2, 0) is 0 Å². The van der Waals surface area contributed by atoms with Gasteiger partial charge in [-0.05, 0) is 20.5 Å². The molecular formula is C23H22S2Si. The highest BCUT2D eigenvalue weighted by Crippen LogP contribution is 2.49. The summed E-state index contributed by atoms with van der Waals surface area (Å²) < 4.78 is 2.07. The largest absolute Gasteiger partial charge is 0.152 e. The molecular weight excluding hydrogens is 368 g/mol. The molecule has 3 heteroatoms. The quantitative estimate of drug-likeness (QED) is 0.541. The van der Waals surface area contributed by atoms with Crippen LogP contribution in [0.3, 0.4) is 0 Å². The second kappa shape index (κ2) is 7.91. The van der Waals surface area contributed by atoms with Gasteiger partial charge in [-0.3, -0.25) is 0 Å². The highest BCUT2D eigenvalue weighted by Gasteiger charge is 2.38. The number of thioether (sulfide) groups is 2.